The van der Waals surface area contributed by atoms with Crippen molar-refractivity contribution < 1.29 is 47.5 Å². The van der Waals surface area contributed by atoms with Gasteiger partial charge < -0.3 is 14.4 Å². The number of rotatable bonds is 9. The Bertz CT molecular complexity index is 1090. The molecule has 3 rings (SSSR count). The number of unbranched alkanes of at least 4 members (excludes halogenated alkanes) is 2. The number of allylic oxidation sites excluding steroid dienone is 2. The molecule has 2 unspecified atom stereocenters. The van der Waals surface area contributed by atoms with Crippen molar-refractivity contribution in [2.45, 2.75) is 58.8 Å². The number of para-hydroxylation sites is 2. The van der Waals surface area contributed by atoms with Crippen LogP contribution >= 0.6 is 12.2 Å². The molecule has 1 radical (unpaired) electrons. The molecule has 1 aromatic heterocycles. The fourth-order valence-corrected chi connectivity index (χ4v) is 3.99. The summed E-state index contributed by atoms with van der Waals surface area (Å²) in [6, 6.07) is 7.94. The molecule has 0 saturated heterocycles. The number of quaternary nitrogens is 1. The van der Waals surface area contributed by atoms with Crippen LogP contribution in [0.1, 0.15) is 45.1 Å². The molecule has 6 nitrogen and oxygen atoms in total. The molecule has 169 valence electrons. The molecule has 0 amide bonds. The maximum absolute atomic E-state index is 13.0. The molecule has 0 aliphatic carbocycles. The van der Waals surface area contributed by atoms with Crippen LogP contribution in [0.3, 0.4) is 0 Å². The SMILES string of the molecule is CCCCn1c([O-])c(C=CC=CC2Oc3ccccc3[NH+]2C)c(=O)n(CCCC)c1=S.[Y]. The van der Waals surface area contributed by atoms with Gasteiger partial charge in [0.05, 0.1) is 7.05 Å². The van der Waals surface area contributed by atoms with E-state index < -0.39 is 0 Å². The first-order chi connectivity index (χ1) is 15.0. The zero-order valence-electron chi connectivity index (χ0n) is 19.0. The Labute approximate surface area is 220 Å². The Morgan fingerprint density at radius 1 is 1.12 bits per heavy atom. The van der Waals surface area contributed by atoms with Gasteiger partial charge in [-0.3, -0.25) is 14.3 Å². The first-order valence-electron chi connectivity index (χ1n) is 11.0. The standard InChI is InChI=1S/C24H31N3O3S.Y/c1-4-6-16-26-22(28)18(23(29)27(24(26)31)17-7-5-2)12-8-11-15-21-25(3)19-13-9-10-14-20(19)30-21;/h8-15,21,28H,4-7,16-17H2,1-3H3;. The average Bonchev–Trinajstić information content (AvgIpc) is 3.09. The number of nitrogens with zero attached hydrogens (tertiary/aromatic N) is 2. The van der Waals surface area contributed by atoms with Crippen molar-refractivity contribution >= 4 is 24.0 Å². The Kier molecular flexibility index (Phi) is 10.5. The number of likely N-dealkylation sites (N-methyl/N-ethyl adjacent to an activating group) is 1. The summed E-state index contributed by atoms with van der Waals surface area (Å²) in [6.07, 6.45) is 10.5. The first kappa shape index (κ1) is 26.7. The summed E-state index contributed by atoms with van der Waals surface area (Å²) in [5.74, 6) is 0.561. The van der Waals surface area contributed by atoms with Gasteiger partial charge in [-0.1, -0.05) is 51.0 Å². The smallest absolute Gasteiger partial charge is 0.260 e. The third kappa shape index (κ3) is 5.87. The second kappa shape index (κ2) is 12.6. The predicted octanol–water partition coefficient (Wildman–Crippen LogP) is 3.18. The second-order valence-electron chi connectivity index (χ2n) is 7.78. The molecule has 0 bridgehead atoms. The van der Waals surface area contributed by atoms with E-state index in [4.69, 9.17) is 17.0 Å². The fourth-order valence-electron chi connectivity index (χ4n) is 3.65. The zero-order valence-corrected chi connectivity index (χ0v) is 22.7. The summed E-state index contributed by atoms with van der Waals surface area (Å²) in [4.78, 5) is 14.1. The van der Waals surface area contributed by atoms with Crippen LogP contribution in [0, 0.1) is 4.77 Å². The van der Waals surface area contributed by atoms with Gasteiger partial charge in [-0.15, -0.1) is 0 Å². The topological polar surface area (TPSA) is 63.7 Å². The number of fused-ring (bicyclic) bond motifs is 1. The van der Waals surface area contributed by atoms with Gasteiger partial charge in [0, 0.05) is 63.5 Å². The molecule has 1 aliphatic heterocycles. The molecule has 2 atom stereocenters. The van der Waals surface area contributed by atoms with E-state index in [2.05, 4.69) is 13.8 Å². The van der Waals surface area contributed by atoms with Crippen LogP contribution < -0.4 is 20.3 Å². The van der Waals surface area contributed by atoms with Gasteiger partial charge >= 0.3 is 0 Å². The summed E-state index contributed by atoms with van der Waals surface area (Å²) in [6.45, 7) is 5.18. The Balaban J connectivity index is 0.00000363. The Morgan fingerprint density at radius 3 is 2.44 bits per heavy atom. The average molecular weight is 531 g/mol. The van der Waals surface area contributed by atoms with Crippen molar-refractivity contribution in [1.29, 1.82) is 0 Å². The minimum atomic E-state index is -0.312. The van der Waals surface area contributed by atoms with Gasteiger partial charge in [0.15, 0.2) is 16.2 Å². The van der Waals surface area contributed by atoms with E-state index >= 15 is 0 Å². The van der Waals surface area contributed by atoms with Crippen LogP contribution in [0.4, 0.5) is 5.69 Å². The second-order valence-corrected chi connectivity index (χ2v) is 8.14. The van der Waals surface area contributed by atoms with Crippen molar-refractivity contribution in [3.8, 4) is 11.6 Å². The molecule has 32 heavy (non-hydrogen) atoms. The van der Waals surface area contributed by atoms with Gasteiger partial charge in [-0.2, -0.15) is 0 Å². The van der Waals surface area contributed by atoms with E-state index in [9.17, 15) is 9.90 Å². The minimum absolute atomic E-state index is 0. The van der Waals surface area contributed by atoms with Gasteiger partial charge in [-0.05, 0) is 43.1 Å². The normalized spacial score (nSPS) is 17.5. The van der Waals surface area contributed by atoms with E-state index in [0.29, 0.717) is 17.9 Å². The van der Waals surface area contributed by atoms with E-state index in [1.54, 1.807) is 21.3 Å². The molecule has 8 heteroatoms. The van der Waals surface area contributed by atoms with E-state index in [1.807, 2.05) is 43.5 Å². The first-order valence-corrected chi connectivity index (χ1v) is 11.4. The number of ether oxygens (including phenoxy) is 1. The van der Waals surface area contributed by atoms with E-state index in [0.717, 1.165) is 42.0 Å². The number of benzene rings is 1. The zero-order chi connectivity index (χ0) is 22.4. The van der Waals surface area contributed by atoms with Gasteiger partial charge in [0.2, 0.25) is 0 Å². The van der Waals surface area contributed by atoms with Crippen molar-refractivity contribution in [3.63, 3.8) is 0 Å². The van der Waals surface area contributed by atoms with Gasteiger partial charge in [0.1, 0.15) is 0 Å². The van der Waals surface area contributed by atoms with Crippen LogP contribution in [0.25, 0.3) is 6.08 Å². The molecule has 0 saturated carbocycles. The monoisotopic (exact) mass is 530 g/mol. The van der Waals surface area contributed by atoms with Crippen LogP contribution in [0.5, 0.6) is 11.6 Å². The minimum Gasteiger partial charge on any atom is -0.859 e. The summed E-state index contributed by atoms with van der Waals surface area (Å²) in [5.41, 5.74) is 0.953. The molecule has 2 heterocycles. The number of nitrogens with one attached hydrogen (secondary N) is 1. The maximum Gasteiger partial charge on any atom is 0.260 e. The molecular weight excluding hydrogens is 499 g/mol. The van der Waals surface area contributed by atoms with E-state index in [1.165, 1.54) is 0 Å². The maximum atomic E-state index is 13.0. The van der Waals surface area contributed by atoms with Crippen LogP contribution in [-0.4, -0.2) is 22.4 Å². The van der Waals surface area contributed by atoms with E-state index in [-0.39, 0.29) is 55.9 Å². The summed E-state index contributed by atoms with van der Waals surface area (Å²) in [7, 11) is 2.05. The van der Waals surface area contributed by atoms with Crippen LogP contribution in [0.15, 0.2) is 47.3 Å². The number of hydrogen-bond acceptors (Lipinski definition) is 4. The van der Waals surface area contributed by atoms with Crippen molar-refractivity contribution in [2.24, 2.45) is 0 Å². The third-order valence-electron chi connectivity index (χ3n) is 5.54. The van der Waals surface area contributed by atoms with Gasteiger partial charge in [0.25, 0.3) is 11.8 Å². The van der Waals surface area contributed by atoms with Crippen molar-refractivity contribution in [2.75, 3.05) is 7.05 Å². The molecule has 1 aromatic carbocycles. The molecule has 0 spiro atoms. The quantitative estimate of drug-likeness (QED) is 0.400. The summed E-state index contributed by atoms with van der Waals surface area (Å²) >= 11 is 5.48. The van der Waals surface area contributed by atoms with Crippen LogP contribution in [-0.2, 0) is 45.8 Å². The Hall–Kier alpha value is -1.54. The van der Waals surface area contributed by atoms with Gasteiger partial charge in [-0.25, -0.2) is 0 Å². The largest absolute Gasteiger partial charge is 0.859 e. The third-order valence-corrected chi connectivity index (χ3v) is 5.98. The summed E-state index contributed by atoms with van der Waals surface area (Å²) in [5, 5.41) is 13.0. The molecular formula is C24H31N3O3SY. The predicted molar refractivity (Wildman–Crippen MR) is 124 cm³/mol. The number of aromatic nitrogens is 2. The fraction of sp³-hybridized carbons (Fsp3) is 0.417. The molecule has 1 N–H and O–H groups in total. The summed E-state index contributed by atoms with van der Waals surface area (Å²) < 4.78 is 9.41. The van der Waals surface area contributed by atoms with Crippen molar-refractivity contribution in [3.05, 3.63) is 63.2 Å². The molecule has 0 fully saturated rings. The molecule has 1 aliphatic rings. The molecule has 2 aromatic rings. The van der Waals surface area contributed by atoms with Crippen molar-refractivity contribution in [1.82, 2.24) is 9.13 Å². The Morgan fingerprint density at radius 2 is 1.78 bits per heavy atom. The van der Waals surface area contributed by atoms with Crippen LogP contribution in [0.2, 0.25) is 0 Å². The number of hydrogen-bond donors (Lipinski definition) is 1.